The number of para-hydroxylation sites is 1. The lowest BCUT2D eigenvalue weighted by Crippen LogP contribution is -2.37. The molecule has 0 radical (unpaired) electrons. The lowest BCUT2D eigenvalue weighted by Gasteiger charge is -2.20. The van der Waals surface area contributed by atoms with Crippen molar-refractivity contribution in [1.82, 2.24) is 9.55 Å². The lowest BCUT2D eigenvalue weighted by molar-refractivity contribution is 0.0670. The van der Waals surface area contributed by atoms with E-state index in [1.807, 2.05) is 0 Å². The number of hydrogen-bond donors (Lipinski definition) is 2. The molecule has 6 nitrogen and oxygen atoms in total. The van der Waals surface area contributed by atoms with E-state index < -0.39 is 15.4 Å². The predicted molar refractivity (Wildman–Crippen MR) is 77.2 cm³/mol. The zero-order valence-electron chi connectivity index (χ0n) is 11.8. The first kappa shape index (κ1) is 15.0. The van der Waals surface area contributed by atoms with Gasteiger partial charge >= 0.3 is 0 Å². The van der Waals surface area contributed by atoms with Gasteiger partial charge in [-0.25, -0.2) is 13.4 Å². The number of fused-ring (bicyclic) bond motifs is 1. The average molecular weight is 297 g/mol. The fraction of sp³-hybridized carbons (Fsp3) is 0.462. The highest BCUT2D eigenvalue weighted by Gasteiger charge is 2.24. The molecule has 0 bridgehead atoms. The number of nitrogens with zero attached hydrogens (tertiary/aromatic N) is 2. The Morgan fingerprint density at radius 1 is 1.45 bits per heavy atom. The second kappa shape index (κ2) is 4.83. The van der Waals surface area contributed by atoms with Crippen LogP contribution in [0.15, 0.2) is 23.1 Å². The van der Waals surface area contributed by atoms with Crippen molar-refractivity contribution in [1.29, 1.82) is 0 Å². The van der Waals surface area contributed by atoms with E-state index in [-0.39, 0.29) is 17.9 Å². The van der Waals surface area contributed by atoms with E-state index in [0.717, 1.165) is 11.8 Å². The molecule has 1 aromatic carbocycles. The maximum Gasteiger partial charge on any atom is 0.177 e. The zero-order chi connectivity index (χ0) is 15.1. The van der Waals surface area contributed by atoms with Crippen molar-refractivity contribution in [3.63, 3.8) is 0 Å². The predicted octanol–water partition coefficient (Wildman–Crippen LogP) is 0.229. The van der Waals surface area contributed by atoms with Gasteiger partial charge < -0.3 is 15.4 Å². The highest BCUT2D eigenvalue weighted by molar-refractivity contribution is 7.91. The van der Waals surface area contributed by atoms with Crippen LogP contribution in [0.5, 0.6) is 0 Å². The number of imidazole rings is 1. The summed E-state index contributed by atoms with van der Waals surface area (Å²) < 4.78 is 25.4. The second-order valence-corrected chi connectivity index (χ2v) is 7.35. The SMILES string of the molecule is Cn1c(CC(C)(O)CN)nc2c(S(C)(=O)=O)cccc21. The molecule has 1 heterocycles. The van der Waals surface area contributed by atoms with Crippen LogP contribution in [0.3, 0.4) is 0 Å². The van der Waals surface area contributed by atoms with Crippen LogP contribution in [-0.4, -0.2) is 41.5 Å². The molecule has 0 spiro atoms. The number of nitrogens with two attached hydrogens (primary N) is 1. The number of aromatic nitrogens is 2. The van der Waals surface area contributed by atoms with E-state index in [1.165, 1.54) is 6.07 Å². The number of rotatable bonds is 4. The van der Waals surface area contributed by atoms with Crippen LogP contribution < -0.4 is 5.73 Å². The first-order chi connectivity index (χ1) is 9.15. The Labute approximate surface area is 118 Å². The van der Waals surface area contributed by atoms with Crippen molar-refractivity contribution in [2.75, 3.05) is 12.8 Å². The summed E-state index contributed by atoms with van der Waals surface area (Å²) in [6, 6.07) is 5.03. The summed E-state index contributed by atoms with van der Waals surface area (Å²) in [5.74, 6) is 0.603. The number of benzene rings is 1. The smallest absolute Gasteiger partial charge is 0.177 e. The van der Waals surface area contributed by atoms with Gasteiger partial charge in [0.15, 0.2) is 9.84 Å². The highest BCUT2D eigenvalue weighted by Crippen LogP contribution is 2.24. The molecule has 20 heavy (non-hydrogen) atoms. The van der Waals surface area contributed by atoms with Gasteiger partial charge in [-0.2, -0.15) is 0 Å². The molecule has 1 unspecified atom stereocenters. The molecule has 3 N–H and O–H groups in total. The maximum absolute atomic E-state index is 11.8. The Bertz CT molecular complexity index is 748. The van der Waals surface area contributed by atoms with Gasteiger partial charge in [-0.05, 0) is 19.1 Å². The molecule has 0 aliphatic heterocycles. The third-order valence-corrected chi connectivity index (χ3v) is 4.47. The average Bonchev–Trinajstić information content (AvgIpc) is 2.65. The number of sulfone groups is 1. The first-order valence-corrected chi connectivity index (χ1v) is 8.12. The largest absolute Gasteiger partial charge is 0.388 e. The molecule has 1 atom stereocenters. The molecule has 0 fully saturated rings. The summed E-state index contributed by atoms with van der Waals surface area (Å²) in [7, 11) is -1.55. The Balaban J connectivity index is 2.64. The Morgan fingerprint density at radius 2 is 2.10 bits per heavy atom. The molecule has 2 rings (SSSR count). The van der Waals surface area contributed by atoms with Crippen molar-refractivity contribution in [2.45, 2.75) is 23.8 Å². The third kappa shape index (κ3) is 2.70. The van der Waals surface area contributed by atoms with Gasteiger partial charge in [-0.1, -0.05) is 6.07 Å². The van der Waals surface area contributed by atoms with Crippen LogP contribution in [0, 0.1) is 0 Å². The first-order valence-electron chi connectivity index (χ1n) is 6.22. The van der Waals surface area contributed by atoms with Crippen LogP contribution in [0.2, 0.25) is 0 Å². The normalized spacial score (nSPS) is 15.4. The maximum atomic E-state index is 11.8. The van der Waals surface area contributed by atoms with Gasteiger partial charge in [0.2, 0.25) is 0 Å². The zero-order valence-corrected chi connectivity index (χ0v) is 12.6. The molecule has 0 amide bonds. The van der Waals surface area contributed by atoms with E-state index in [4.69, 9.17) is 5.73 Å². The molecule has 2 aromatic rings. The minimum absolute atomic E-state index is 0.106. The molecule has 0 saturated carbocycles. The van der Waals surface area contributed by atoms with E-state index in [9.17, 15) is 13.5 Å². The van der Waals surface area contributed by atoms with Gasteiger partial charge in [0.1, 0.15) is 11.3 Å². The summed E-state index contributed by atoms with van der Waals surface area (Å²) in [5.41, 5.74) is 5.59. The minimum Gasteiger partial charge on any atom is -0.388 e. The summed E-state index contributed by atoms with van der Waals surface area (Å²) >= 11 is 0. The van der Waals surface area contributed by atoms with Crippen LogP contribution in [-0.2, 0) is 23.3 Å². The van der Waals surface area contributed by atoms with Crippen LogP contribution in [0.1, 0.15) is 12.7 Å². The van der Waals surface area contributed by atoms with Gasteiger partial charge in [0.05, 0.1) is 16.0 Å². The number of hydrogen-bond acceptors (Lipinski definition) is 5. The second-order valence-electron chi connectivity index (χ2n) is 5.36. The highest BCUT2D eigenvalue weighted by atomic mass is 32.2. The fourth-order valence-electron chi connectivity index (χ4n) is 2.11. The molecule has 110 valence electrons. The third-order valence-electron chi connectivity index (χ3n) is 3.35. The van der Waals surface area contributed by atoms with E-state index in [1.54, 1.807) is 30.7 Å². The standard InChI is InChI=1S/C13H19N3O3S/c1-13(17,8-14)7-11-15-12-9(16(11)2)5-4-6-10(12)20(3,18)19/h4-6,17H,7-8,14H2,1-3H3. The summed E-state index contributed by atoms with van der Waals surface area (Å²) in [5, 5.41) is 10.1. The monoisotopic (exact) mass is 297 g/mol. The summed E-state index contributed by atoms with van der Waals surface area (Å²) in [6.45, 7) is 1.74. The van der Waals surface area contributed by atoms with E-state index >= 15 is 0 Å². The quantitative estimate of drug-likeness (QED) is 0.841. The summed E-state index contributed by atoms with van der Waals surface area (Å²) in [4.78, 5) is 4.58. The van der Waals surface area contributed by atoms with Gasteiger partial charge in [-0.15, -0.1) is 0 Å². The van der Waals surface area contributed by atoms with Gasteiger partial charge in [0, 0.05) is 26.3 Å². The van der Waals surface area contributed by atoms with Crippen LogP contribution in [0.4, 0.5) is 0 Å². The molecule has 7 heteroatoms. The Kier molecular flexibility index (Phi) is 3.62. The Hall–Kier alpha value is -1.44. The fourth-order valence-corrected chi connectivity index (χ4v) is 2.93. The lowest BCUT2D eigenvalue weighted by atomic mass is 10.0. The molecule has 1 aromatic heterocycles. The van der Waals surface area contributed by atoms with Crippen molar-refractivity contribution in [3.8, 4) is 0 Å². The Morgan fingerprint density at radius 3 is 2.65 bits per heavy atom. The molecular formula is C13H19N3O3S. The number of aryl methyl sites for hydroxylation is 1. The van der Waals surface area contributed by atoms with Crippen molar-refractivity contribution in [2.24, 2.45) is 12.8 Å². The molecular weight excluding hydrogens is 278 g/mol. The minimum atomic E-state index is -3.35. The van der Waals surface area contributed by atoms with Crippen molar-refractivity contribution >= 4 is 20.9 Å². The van der Waals surface area contributed by atoms with Crippen LogP contribution in [0.25, 0.3) is 11.0 Å². The van der Waals surface area contributed by atoms with Crippen molar-refractivity contribution < 1.29 is 13.5 Å². The topological polar surface area (TPSA) is 98.2 Å². The number of aliphatic hydroxyl groups is 1. The molecule has 0 aliphatic rings. The molecule has 0 saturated heterocycles. The summed E-state index contributed by atoms with van der Waals surface area (Å²) in [6.07, 6.45) is 1.42. The van der Waals surface area contributed by atoms with Crippen molar-refractivity contribution in [3.05, 3.63) is 24.0 Å². The van der Waals surface area contributed by atoms with Gasteiger partial charge in [0.25, 0.3) is 0 Å². The van der Waals surface area contributed by atoms with Gasteiger partial charge in [-0.3, -0.25) is 0 Å². The molecule has 0 aliphatic carbocycles. The van der Waals surface area contributed by atoms with Crippen LogP contribution >= 0.6 is 0 Å². The van der Waals surface area contributed by atoms with E-state index in [0.29, 0.717) is 11.3 Å². The van der Waals surface area contributed by atoms with E-state index in [2.05, 4.69) is 4.98 Å².